The third kappa shape index (κ3) is 3.63. The van der Waals surface area contributed by atoms with Gasteiger partial charge in [0.25, 0.3) is 0 Å². The second-order valence-electron chi connectivity index (χ2n) is 4.67. The van der Waals surface area contributed by atoms with Gasteiger partial charge in [0.15, 0.2) is 0 Å². The molecule has 92 valence electrons. The van der Waals surface area contributed by atoms with E-state index in [2.05, 4.69) is 6.58 Å². The molecule has 0 spiro atoms. The second-order valence-corrected chi connectivity index (χ2v) is 4.67. The lowest BCUT2D eigenvalue weighted by Crippen LogP contribution is -2.24. The molecule has 0 fully saturated rings. The van der Waals surface area contributed by atoms with Crippen molar-refractivity contribution in [2.45, 2.75) is 26.4 Å². The van der Waals surface area contributed by atoms with Crippen molar-refractivity contribution in [3.8, 4) is 5.75 Å². The van der Waals surface area contributed by atoms with Crippen LogP contribution in [-0.2, 0) is 4.74 Å². The van der Waals surface area contributed by atoms with Gasteiger partial charge in [-0.15, -0.1) is 0 Å². The zero-order chi connectivity index (χ0) is 13.1. The highest BCUT2D eigenvalue weighted by Gasteiger charge is 2.20. The number of ether oxygens (including phenoxy) is 2. The average Bonchev–Trinajstić information content (AvgIpc) is 2.25. The Hall–Kier alpha value is -1.77. The van der Waals surface area contributed by atoms with E-state index in [1.807, 2.05) is 20.8 Å². The normalized spacial score (nSPS) is 10.8. The number of carbonyl (C=O) groups excluding carboxylic acids is 1. The Kier molecular flexibility index (Phi) is 3.94. The van der Waals surface area contributed by atoms with Crippen molar-refractivity contribution in [3.63, 3.8) is 0 Å². The fourth-order valence-electron chi connectivity index (χ4n) is 1.34. The minimum absolute atomic E-state index is 0.384. The van der Waals surface area contributed by atoms with Gasteiger partial charge < -0.3 is 9.47 Å². The summed E-state index contributed by atoms with van der Waals surface area (Å²) in [5.41, 5.74) is 0.807. The van der Waals surface area contributed by atoms with Crippen LogP contribution >= 0.6 is 0 Å². The van der Waals surface area contributed by atoms with Gasteiger partial charge in [-0.25, -0.2) is 4.79 Å². The number of hydrogen-bond donors (Lipinski definition) is 0. The summed E-state index contributed by atoms with van der Waals surface area (Å²) in [6.07, 6.45) is 1.70. The summed E-state index contributed by atoms with van der Waals surface area (Å²) < 4.78 is 10.5. The van der Waals surface area contributed by atoms with E-state index in [4.69, 9.17) is 9.47 Å². The molecule has 0 saturated heterocycles. The molecule has 0 bridgehead atoms. The van der Waals surface area contributed by atoms with Crippen molar-refractivity contribution in [3.05, 3.63) is 35.9 Å². The standard InChI is InChI=1S/C14H18O3/c1-6-10-7-8-11(12(9-10)16-5)13(15)17-14(2,3)4/h6-9H,1H2,2-5H3. The van der Waals surface area contributed by atoms with Crippen LogP contribution in [0, 0.1) is 0 Å². The molecule has 0 aliphatic carbocycles. The van der Waals surface area contributed by atoms with Crippen LogP contribution in [0.15, 0.2) is 24.8 Å². The topological polar surface area (TPSA) is 35.5 Å². The van der Waals surface area contributed by atoms with Gasteiger partial charge in [-0.05, 0) is 38.5 Å². The Morgan fingerprint density at radius 1 is 1.35 bits per heavy atom. The minimum Gasteiger partial charge on any atom is -0.496 e. The van der Waals surface area contributed by atoms with Crippen molar-refractivity contribution >= 4 is 12.0 Å². The van der Waals surface area contributed by atoms with Gasteiger partial charge in [-0.1, -0.05) is 18.7 Å². The Labute approximate surface area is 102 Å². The number of esters is 1. The molecular formula is C14H18O3. The number of carbonyl (C=O) groups is 1. The van der Waals surface area contributed by atoms with Gasteiger partial charge in [0, 0.05) is 0 Å². The van der Waals surface area contributed by atoms with Crippen LogP contribution in [0.25, 0.3) is 6.08 Å². The van der Waals surface area contributed by atoms with Crippen molar-refractivity contribution in [1.82, 2.24) is 0 Å². The Bertz CT molecular complexity index is 428. The summed E-state index contributed by atoms with van der Waals surface area (Å²) in [5.74, 6) is 0.113. The van der Waals surface area contributed by atoms with Gasteiger partial charge in [-0.2, -0.15) is 0 Å². The van der Waals surface area contributed by atoms with E-state index < -0.39 is 5.60 Å². The third-order valence-corrected chi connectivity index (χ3v) is 2.08. The van der Waals surface area contributed by atoms with Crippen LogP contribution in [0.3, 0.4) is 0 Å². The summed E-state index contributed by atoms with van der Waals surface area (Å²) in [7, 11) is 1.52. The molecule has 0 radical (unpaired) electrons. The van der Waals surface area contributed by atoms with E-state index in [1.165, 1.54) is 7.11 Å². The number of benzene rings is 1. The van der Waals surface area contributed by atoms with Crippen LogP contribution in [0.2, 0.25) is 0 Å². The van der Waals surface area contributed by atoms with Gasteiger partial charge in [-0.3, -0.25) is 0 Å². The summed E-state index contributed by atoms with van der Waals surface area (Å²) in [6.45, 7) is 9.16. The minimum atomic E-state index is -0.515. The van der Waals surface area contributed by atoms with E-state index in [1.54, 1.807) is 24.3 Å². The number of rotatable bonds is 3. The molecule has 1 aromatic rings. The molecule has 17 heavy (non-hydrogen) atoms. The van der Waals surface area contributed by atoms with Crippen molar-refractivity contribution in [2.24, 2.45) is 0 Å². The van der Waals surface area contributed by atoms with Crippen molar-refractivity contribution < 1.29 is 14.3 Å². The molecule has 3 heteroatoms. The molecule has 0 unspecified atom stereocenters. The Balaban J connectivity index is 3.05. The fourth-order valence-corrected chi connectivity index (χ4v) is 1.34. The van der Waals surface area contributed by atoms with E-state index in [0.717, 1.165) is 5.56 Å². The average molecular weight is 234 g/mol. The maximum atomic E-state index is 11.9. The quantitative estimate of drug-likeness (QED) is 0.753. The first-order valence-corrected chi connectivity index (χ1v) is 5.41. The molecule has 0 amide bonds. The third-order valence-electron chi connectivity index (χ3n) is 2.08. The highest BCUT2D eigenvalue weighted by Crippen LogP contribution is 2.23. The van der Waals surface area contributed by atoms with E-state index >= 15 is 0 Å². The van der Waals surface area contributed by atoms with Crippen molar-refractivity contribution in [2.75, 3.05) is 7.11 Å². The molecule has 0 atom stereocenters. The van der Waals surface area contributed by atoms with Gasteiger partial charge in [0.2, 0.25) is 0 Å². The predicted octanol–water partition coefficient (Wildman–Crippen LogP) is 3.29. The summed E-state index contributed by atoms with van der Waals surface area (Å²) >= 11 is 0. The SMILES string of the molecule is C=Cc1ccc(C(=O)OC(C)(C)C)c(OC)c1. The monoisotopic (exact) mass is 234 g/mol. The highest BCUT2D eigenvalue weighted by molar-refractivity contribution is 5.93. The van der Waals surface area contributed by atoms with Gasteiger partial charge >= 0.3 is 5.97 Å². The Morgan fingerprint density at radius 2 is 2.00 bits per heavy atom. The lowest BCUT2D eigenvalue weighted by atomic mass is 10.1. The largest absolute Gasteiger partial charge is 0.496 e. The molecule has 3 nitrogen and oxygen atoms in total. The first-order valence-electron chi connectivity index (χ1n) is 5.41. The molecule has 0 heterocycles. The summed E-state index contributed by atoms with van der Waals surface area (Å²) in [6, 6.07) is 5.24. The maximum Gasteiger partial charge on any atom is 0.342 e. The molecule has 1 rings (SSSR count). The van der Waals surface area contributed by atoms with Gasteiger partial charge in [0.05, 0.1) is 7.11 Å². The van der Waals surface area contributed by atoms with Crippen molar-refractivity contribution in [1.29, 1.82) is 0 Å². The van der Waals surface area contributed by atoms with E-state index in [9.17, 15) is 4.79 Å². The van der Waals surface area contributed by atoms with Gasteiger partial charge in [0.1, 0.15) is 16.9 Å². The van der Waals surface area contributed by atoms with E-state index in [0.29, 0.717) is 11.3 Å². The maximum absolute atomic E-state index is 11.9. The number of methoxy groups -OCH3 is 1. The van der Waals surface area contributed by atoms with Crippen LogP contribution < -0.4 is 4.74 Å². The fraction of sp³-hybridized carbons (Fsp3) is 0.357. The summed E-state index contributed by atoms with van der Waals surface area (Å²) in [4.78, 5) is 11.9. The lowest BCUT2D eigenvalue weighted by Gasteiger charge is -2.20. The molecule has 0 aliphatic rings. The number of hydrogen-bond acceptors (Lipinski definition) is 3. The molecular weight excluding hydrogens is 216 g/mol. The van der Waals surface area contributed by atoms with Crippen LogP contribution in [0.1, 0.15) is 36.7 Å². The second kappa shape index (κ2) is 5.04. The first-order chi connectivity index (χ1) is 7.87. The predicted molar refractivity (Wildman–Crippen MR) is 68.3 cm³/mol. The molecule has 1 aromatic carbocycles. The Morgan fingerprint density at radius 3 is 2.47 bits per heavy atom. The van der Waals surface area contributed by atoms with Crippen LogP contribution in [-0.4, -0.2) is 18.7 Å². The zero-order valence-corrected chi connectivity index (χ0v) is 10.7. The first kappa shape index (κ1) is 13.3. The summed E-state index contributed by atoms with van der Waals surface area (Å²) in [5, 5.41) is 0. The zero-order valence-electron chi connectivity index (χ0n) is 10.7. The molecule has 0 saturated carbocycles. The van der Waals surface area contributed by atoms with Crippen LogP contribution in [0.4, 0.5) is 0 Å². The van der Waals surface area contributed by atoms with Crippen LogP contribution in [0.5, 0.6) is 5.75 Å². The van der Waals surface area contributed by atoms with E-state index in [-0.39, 0.29) is 5.97 Å². The molecule has 0 aliphatic heterocycles. The lowest BCUT2D eigenvalue weighted by molar-refractivity contribution is 0.00666. The molecule has 0 aromatic heterocycles. The molecule has 0 N–H and O–H groups in total. The highest BCUT2D eigenvalue weighted by atomic mass is 16.6. The smallest absolute Gasteiger partial charge is 0.342 e.